The van der Waals surface area contributed by atoms with Gasteiger partial charge in [0.05, 0.1) is 29.4 Å². The first-order valence-corrected chi connectivity index (χ1v) is 14.1. The third-order valence-corrected chi connectivity index (χ3v) is 8.99. The van der Waals surface area contributed by atoms with Gasteiger partial charge in [-0.25, -0.2) is 0 Å². The number of H-pyrrole nitrogens is 1. The van der Waals surface area contributed by atoms with Gasteiger partial charge in [0.25, 0.3) is 5.91 Å². The molecule has 4 aromatic rings. The van der Waals surface area contributed by atoms with Crippen LogP contribution in [0.4, 0.5) is 0 Å². The van der Waals surface area contributed by atoms with Crippen molar-refractivity contribution in [3.05, 3.63) is 71.0 Å². The highest BCUT2D eigenvalue weighted by Crippen LogP contribution is 2.55. The summed E-state index contributed by atoms with van der Waals surface area (Å²) in [5, 5.41) is 17.0. The fraction of sp³-hybridized carbons (Fsp3) is 0.355. The van der Waals surface area contributed by atoms with E-state index in [1.807, 2.05) is 48.4 Å². The van der Waals surface area contributed by atoms with Crippen molar-refractivity contribution in [2.75, 3.05) is 33.4 Å². The van der Waals surface area contributed by atoms with Gasteiger partial charge in [-0.1, -0.05) is 30.3 Å². The maximum atomic E-state index is 12.6. The minimum atomic E-state index is -0.151. The molecule has 0 radical (unpaired) electrons. The molecule has 41 heavy (non-hydrogen) atoms. The van der Waals surface area contributed by atoms with Crippen LogP contribution in [0.2, 0.25) is 5.02 Å². The third kappa shape index (κ3) is 4.63. The van der Waals surface area contributed by atoms with Gasteiger partial charge >= 0.3 is 0 Å². The Labute approximate surface area is 243 Å². The minimum Gasteiger partial charge on any atom is -0.383 e. The lowest BCUT2D eigenvalue weighted by molar-refractivity contribution is -0.149. The summed E-state index contributed by atoms with van der Waals surface area (Å²) in [6.45, 7) is 10.1. The smallest absolute Gasteiger partial charge is 0.251 e. The molecule has 1 saturated carbocycles. The number of rotatable bonds is 8. The van der Waals surface area contributed by atoms with Crippen LogP contribution in [-0.2, 0) is 9.53 Å². The van der Waals surface area contributed by atoms with Crippen molar-refractivity contribution < 1.29 is 14.3 Å². The maximum Gasteiger partial charge on any atom is 0.251 e. The number of aromatic amines is 1. The Kier molecular flexibility index (Phi) is 6.95. The van der Waals surface area contributed by atoms with Crippen molar-refractivity contribution in [1.29, 1.82) is 0 Å². The van der Waals surface area contributed by atoms with Crippen molar-refractivity contribution in [2.24, 2.45) is 5.41 Å². The number of nitrogens with one attached hydrogen (secondary N) is 2. The molecular weight excluding hydrogens is 540 g/mol. The second kappa shape index (κ2) is 10.5. The summed E-state index contributed by atoms with van der Waals surface area (Å²) in [4.78, 5) is 26.4. The average Bonchev–Trinajstić information content (AvgIpc) is 3.52. The van der Waals surface area contributed by atoms with Gasteiger partial charge in [-0.15, -0.1) is 0 Å². The number of hydrogen-bond acceptors (Lipinski definition) is 5. The fourth-order valence-corrected chi connectivity index (χ4v) is 6.64. The Morgan fingerprint density at radius 2 is 1.95 bits per heavy atom. The maximum absolute atomic E-state index is 12.6. The quantitative estimate of drug-likeness (QED) is 0.226. The van der Waals surface area contributed by atoms with Crippen LogP contribution >= 0.6 is 11.6 Å². The highest BCUT2D eigenvalue weighted by atomic mass is 35.5. The number of benzene rings is 2. The zero-order valence-electron chi connectivity index (χ0n) is 23.5. The van der Waals surface area contributed by atoms with Gasteiger partial charge < -0.3 is 15.0 Å². The monoisotopic (exact) mass is 572 g/mol. The van der Waals surface area contributed by atoms with E-state index >= 15 is 0 Å². The summed E-state index contributed by atoms with van der Waals surface area (Å²) < 4.78 is 7.16. The molecule has 2 aromatic carbocycles. The van der Waals surface area contributed by atoms with Crippen LogP contribution in [0.3, 0.4) is 0 Å². The number of carbonyl (C=O) groups excluding carboxylic acids is 2. The normalized spacial score (nSPS) is 16.0. The van der Waals surface area contributed by atoms with Crippen molar-refractivity contribution in [1.82, 2.24) is 30.2 Å². The zero-order valence-corrected chi connectivity index (χ0v) is 24.2. The van der Waals surface area contributed by atoms with Gasteiger partial charge in [0.1, 0.15) is 5.69 Å². The second-order valence-electron chi connectivity index (χ2n) is 11.3. The Morgan fingerprint density at radius 1 is 1.22 bits per heavy atom. The molecule has 2 N–H and O–H groups in total. The Morgan fingerprint density at radius 3 is 2.63 bits per heavy atom. The molecule has 1 aliphatic heterocycles. The fourth-order valence-electron chi connectivity index (χ4n) is 6.39. The molecule has 1 spiro atoms. The van der Waals surface area contributed by atoms with E-state index in [0.717, 1.165) is 70.5 Å². The number of aromatic nitrogens is 4. The van der Waals surface area contributed by atoms with Crippen LogP contribution < -0.4 is 5.32 Å². The van der Waals surface area contributed by atoms with E-state index in [1.165, 1.54) is 6.08 Å². The number of nitrogens with zero attached hydrogens (tertiary/aromatic N) is 4. The molecule has 2 fully saturated rings. The SMILES string of the molecule is C=CC(=O)N1CC2(CC(n3nc(-c4ccc(C(=O)NCCOC)cc4)c(-c4c(Cl)c(C)cc5[nH]ncc45)c3C)C2)C1. The largest absolute Gasteiger partial charge is 0.383 e. The first kappa shape index (κ1) is 27.2. The topological polar surface area (TPSA) is 105 Å². The molecule has 1 saturated heterocycles. The standard InChI is InChI=1S/C31H33ClN6O3/c1-5-25(39)37-16-31(17-37)13-22(14-31)38-19(3)26(27-23-15-34-35-24(23)12-18(2)28(27)32)29(36-38)20-6-8-21(9-7-20)30(40)33-10-11-41-4/h5-9,12,15,22H,1,10-11,13-14,16-17H2,2-4H3,(H,33,40)(H,34,35). The molecule has 10 heteroatoms. The second-order valence-corrected chi connectivity index (χ2v) is 11.6. The predicted octanol–water partition coefficient (Wildman–Crippen LogP) is 5.09. The number of fused-ring (bicyclic) bond motifs is 1. The van der Waals surface area contributed by atoms with Crippen molar-refractivity contribution in [2.45, 2.75) is 32.7 Å². The molecule has 212 valence electrons. The molecule has 0 bridgehead atoms. The molecule has 0 atom stereocenters. The number of halogens is 1. The Bertz CT molecular complexity index is 1660. The summed E-state index contributed by atoms with van der Waals surface area (Å²) in [6, 6.07) is 9.73. The van der Waals surface area contributed by atoms with E-state index in [2.05, 4.69) is 33.7 Å². The first-order valence-electron chi connectivity index (χ1n) is 13.8. The lowest BCUT2D eigenvalue weighted by Gasteiger charge is -2.58. The van der Waals surface area contributed by atoms with Crippen molar-refractivity contribution in [3.8, 4) is 22.4 Å². The molecule has 9 nitrogen and oxygen atoms in total. The highest BCUT2D eigenvalue weighted by Gasteiger charge is 2.54. The van der Waals surface area contributed by atoms with Crippen LogP contribution in [0.15, 0.2) is 49.2 Å². The number of amides is 2. The van der Waals surface area contributed by atoms with Crippen LogP contribution in [0.5, 0.6) is 0 Å². The number of aryl methyl sites for hydroxylation is 1. The Balaban J connectivity index is 1.38. The van der Waals surface area contributed by atoms with Gasteiger partial charge in [0.15, 0.2) is 0 Å². The van der Waals surface area contributed by atoms with Gasteiger partial charge in [-0.2, -0.15) is 10.2 Å². The van der Waals surface area contributed by atoms with E-state index in [1.54, 1.807) is 7.11 Å². The first-order chi connectivity index (χ1) is 19.7. The summed E-state index contributed by atoms with van der Waals surface area (Å²) in [5.41, 5.74) is 7.16. The zero-order chi connectivity index (χ0) is 28.9. The lowest BCUT2D eigenvalue weighted by Crippen LogP contribution is -2.63. The lowest BCUT2D eigenvalue weighted by atomic mass is 9.60. The Hall–Kier alpha value is -3.95. The van der Waals surface area contributed by atoms with E-state index in [9.17, 15) is 9.59 Å². The molecule has 0 unspecified atom stereocenters. The van der Waals surface area contributed by atoms with Crippen LogP contribution in [0.25, 0.3) is 33.3 Å². The van der Waals surface area contributed by atoms with Crippen molar-refractivity contribution in [3.63, 3.8) is 0 Å². The van der Waals surface area contributed by atoms with Crippen molar-refractivity contribution >= 4 is 34.3 Å². The van der Waals surface area contributed by atoms with E-state index < -0.39 is 0 Å². The van der Waals surface area contributed by atoms with Crippen LogP contribution in [0.1, 0.15) is 40.5 Å². The number of carbonyl (C=O) groups is 2. The minimum absolute atomic E-state index is 0.00652. The summed E-state index contributed by atoms with van der Waals surface area (Å²) in [5.74, 6) is -0.158. The summed E-state index contributed by atoms with van der Waals surface area (Å²) >= 11 is 7.01. The average molecular weight is 573 g/mol. The molecule has 2 amide bonds. The molecule has 2 aliphatic rings. The van der Waals surface area contributed by atoms with E-state index in [-0.39, 0.29) is 23.3 Å². The summed E-state index contributed by atoms with van der Waals surface area (Å²) in [6.07, 6.45) is 5.11. The van der Waals surface area contributed by atoms with E-state index in [0.29, 0.717) is 23.7 Å². The molecule has 2 aromatic heterocycles. The van der Waals surface area contributed by atoms with Gasteiger partial charge in [0.2, 0.25) is 5.91 Å². The highest BCUT2D eigenvalue weighted by molar-refractivity contribution is 6.36. The number of ether oxygens (including phenoxy) is 1. The van der Waals surface area contributed by atoms with Gasteiger partial charge in [-0.3, -0.25) is 19.4 Å². The summed E-state index contributed by atoms with van der Waals surface area (Å²) in [7, 11) is 1.60. The van der Waals surface area contributed by atoms with Gasteiger partial charge in [-0.05, 0) is 56.5 Å². The number of hydrogen-bond donors (Lipinski definition) is 2. The van der Waals surface area contributed by atoms with Crippen LogP contribution in [-0.4, -0.2) is 70.0 Å². The van der Waals surface area contributed by atoms with Gasteiger partial charge in [0, 0.05) is 65.5 Å². The van der Waals surface area contributed by atoms with Crippen LogP contribution in [0, 0.1) is 19.3 Å². The molecule has 1 aliphatic carbocycles. The molecule has 3 heterocycles. The number of methoxy groups -OCH3 is 1. The predicted molar refractivity (Wildman–Crippen MR) is 159 cm³/mol. The van der Waals surface area contributed by atoms with E-state index in [4.69, 9.17) is 21.4 Å². The third-order valence-electron chi connectivity index (χ3n) is 8.50. The molecule has 6 rings (SSSR count). The molecular formula is C31H33ClN6O3. The number of likely N-dealkylation sites (tertiary alicyclic amines) is 1.